The summed E-state index contributed by atoms with van der Waals surface area (Å²) in [5.41, 5.74) is 0. The van der Waals surface area contributed by atoms with E-state index >= 15 is 0 Å². The van der Waals surface area contributed by atoms with Crippen LogP contribution in [0.5, 0.6) is 0 Å². The summed E-state index contributed by atoms with van der Waals surface area (Å²) in [7, 11) is -3.15. The summed E-state index contributed by atoms with van der Waals surface area (Å²) in [6, 6.07) is 1.70. The second-order valence-corrected chi connectivity index (χ2v) is 4.45. The Bertz CT molecular complexity index is 365. The fraction of sp³-hybridized carbons (Fsp3) is 0.500. The van der Waals surface area contributed by atoms with Crippen LogP contribution in [-0.2, 0) is 9.92 Å². The minimum Gasteiger partial charge on any atom is -0.269 e. The molecule has 0 amide bonds. The van der Waals surface area contributed by atoms with Gasteiger partial charge in [0.25, 0.3) is 0 Å². The quantitative estimate of drug-likeness (QED) is 0.717. The van der Waals surface area contributed by atoms with E-state index in [1.54, 1.807) is 10.9 Å². The van der Waals surface area contributed by atoms with Crippen LogP contribution in [0.2, 0.25) is 0 Å². The van der Waals surface area contributed by atoms with Crippen LogP contribution in [0.4, 0.5) is 0 Å². The van der Waals surface area contributed by atoms with Gasteiger partial charge in [0.1, 0.15) is 0 Å². The molecule has 0 radical (unpaired) electrons. The molecule has 0 aliphatic carbocycles. The van der Waals surface area contributed by atoms with Crippen LogP contribution in [0.3, 0.4) is 0 Å². The van der Waals surface area contributed by atoms with Crippen molar-refractivity contribution in [1.82, 2.24) is 9.78 Å². The van der Waals surface area contributed by atoms with Crippen molar-refractivity contribution < 1.29 is 4.21 Å². The van der Waals surface area contributed by atoms with E-state index in [1.807, 2.05) is 13.8 Å². The number of nitrogens with zero attached hydrogens (tertiary/aromatic N) is 2. The third-order valence-electron chi connectivity index (χ3n) is 1.42. The van der Waals surface area contributed by atoms with E-state index in [2.05, 4.69) is 5.10 Å². The van der Waals surface area contributed by atoms with Gasteiger partial charge in [0, 0.05) is 12.2 Å². The summed E-state index contributed by atoms with van der Waals surface area (Å²) in [6.07, 6.45) is 1.67. The van der Waals surface area contributed by atoms with Crippen LogP contribution in [0.25, 0.3) is 0 Å². The Hall–Kier alpha value is -0.880. The number of hydrogen-bond acceptors (Lipinski definition) is 3. The first-order valence-electron chi connectivity index (χ1n) is 3.53. The summed E-state index contributed by atoms with van der Waals surface area (Å²) < 4.78 is 19.7. The topological polar surface area (TPSA) is 84.8 Å². The molecule has 68 valence electrons. The average molecular weight is 188 g/mol. The smallest absolute Gasteiger partial charge is 0.172 e. The highest BCUT2D eigenvalue weighted by Gasteiger charge is 2.08. The predicted molar refractivity (Wildman–Crippen MR) is 45.9 cm³/mol. The Morgan fingerprint density at radius 1 is 1.75 bits per heavy atom. The summed E-state index contributed by atoms with van der Waals surface area (Å²) in [4.78, 5) is 0. The minimum atomic E-state index is -3.15. The molecule has 3 N–H and O–H groups in total. The van der Waals surface area contributed by atoms with Crippen molar-refractivity contribution in [2.45, 2.75) is 24.9 Å². The lowest BCUT2D eigenvalue weighted by atomic mass is 10.4. The predicted octanol–water partition coefficient (Wildman–Crippen LogP) is 0.743. The lowest BCUT2D eigenvalue weighted by Crippen LogP contribution is -2.12. The van der Waals surface area contributed by atoms with Gasteiger partial charge in [-0.1, -0.05) is 0 Å². The third-order valence-corrected chi connectivity index (χ3v) is 2.26. The van der Waals surface area contributed by atoms with Crippen LogP contribution in [0.1, 0.15) is 19.9 Å². The zero-order valence-electron chi connectivity index (χ0n) is 7.02. The van der Waals surface area contributed by atoms with Crippen molar-refractivity contribution in [2.75, 3.05) is 0 Å². The maximum absolute atomic E-state index is 11.0. The molecule has 1 aromatic heterocycles. The molecule has 0 aromatic carbocycles. The number of hydrogen-bond donors (Lipinski definition) is 2. The highest BCUT2D eigenvalue weighted by atomic mass is 32.2. The number of nitrogens with two attached hydrogens (primary N) is 1. The maximum Gasteiger partial charge on any atom is 0.172 e. The molecule has 0 spiro atoms. The molecule has 0 bridgehead atoms. The van der Waals surface area contributed by atoms with Crippen molar-refractivity contribution >= 4 is 9.92 Å². The average Bonchev–Trinajstić information content (AvgIpc) is 2.30. The van der Waals surface area contributed by atoms with Gasteiger partial charge in [-0.15, -0.1) is 0 Å². The monoisotopic (exact) mass is 188 g/mol. The lowest BCUT2D eigenvalue weighted by Gasteiger charge is -2.03. The van der Waals surface area contributed by atoms with Crippen molar-refractivity contribution in [1.29, 1.82) is 4.78 Å². The van der Waals surface area contributed by atoms with E-state index in [1.165, 1.54) is 6.07 Å². The zero-order chi connectivity index (χ0) is 9.35. The first-order valence-corrected chi connectivity index (χ1v) is 5.15. The lowest BCUT2D eigenvalue weighted by molar-refractivity contribution is 0.520. The maximum atomic E-state index is 11.0. The van der Waals surface area contributed by atoms with Gasteiger partial charge in [-0.05, 0) is 19.9 Å². The summed E-state index contributed by atoms with van der Waals surface area (Å²) >= 11 is 0. The summed E-state index contributed by atoms with van der Waals surface area (Å²) in [5, 5.41) is 9.13. The molecule has 1 aromatic rings. The fourth-order valence-corrected chi connectivity index (χ4v) is 1.25. The molecule has 6 heteroatoms. The molecule has 0 fully saturated rings. The Balaban J connectivity index is 3.09. The van der Waals surface area contributed by atoms with Gasteiger partial charge < -0.3 is 0 Å². The summed E-state index contributed by atoms with van der Waals surface area (Å²) in [6.45, 7) is 3.89. The van der Waals surface area contributed by atoms with E-state index in [0.29, 0.717) is 0 Å². The van der Waals surface area contributed by atoms with Crippen molar-refractivity contribution in [3.05, 3.63) is 12.3 Å². The van der Waals surface area contributed by atoms with Crippen LogP contribution in [0, 0.1) is 4.78 Å². The van der Waals surface area contributed by atoms with Crippen molar-refractivity contribution in [3.8, 4) is 0 Å². The highest BCUT2D eigenvalue weighted by Crippen LogP contribution is 2.07. The molecule has 1 atom stereocenters. The molecule has 1 unspecified atom stereocenters. The Labute approximate surface area is 71.7 Å². The molecule has 0 aliphatic heterocycles. The van der Waals surface area contributed by atoms with E-state index in [4.69, 9.17) is 9.92 Å². The molecular formula is C6H12N4OS. The number of nitrogens with one attached hydrogen (secondary N) is 1. The van der Waals surface area contributed by atoms with Crippen molar-refractivity contribution in [3.63, 3.8) is 0 Å². The summed E-state index contributed by atoms with van der Waals surface area (Å²) in [5.74, 6) is 0. The largest absolute Gasteiger partial charge is 0.269 e. The van der Waals surface area contributed by atoms with Crippen LogP contribution in [-0.4, -0.2) is 14.0 Å². The van der Waals surface area contributed by atoms with Gasteiger partial charge >= 0.3 is 0 Å². The molecule has 5 nitrogen and oxygen atoms in total. The molecule has 0 saturated carbocycles. The Kier molecular flexibility index (Phi) is 2.20. The van der Waals surface area contributed by atoms with E-state index < -0.39 is 9.92 Å². The molecule has 1 heterocycles. The first kappa shape index (κ1) is 9.21. The normalized spacial score (nSPS) is 16.3. The van der Waals surface area contributed by atoms with E-state index in [-0.39, 0.29) is 11.1 Å². The van der Waals surface area contributed by atoms with Gasteiger partial charge in [0.15, 0.2) is 14.9 Å². The SMILES string of the molecule is CC(C)n1ccc(S(=N)(N)=O)n1. The first-order chi connectivity index (χ1) is 5.41. The number of aromatic nitrogens is 2. The fourth-order valence-electron chi connectivity index (χ4n) is 0.770. The van der Waals surface area contributed by atoms with E-state index in [9.17, 15) is 4.21 Å². The van der Waals surface area contributed by atoms with Gasteiger partial charge in [-0.25, -0.2) is 14.1 Å². The molecule has 0 saturated heterocycles. The molecule has 0 aliphatic rings. The third kappa shape index (κ3) is 1.83. The van der Waals surface area contributed by atoms with Gasteiger partial charge in [-0.2, -0.15) is 5.10 Å². The Morgan fingerprint density at radius 3 is 2.58 bits per heavy atom. The number of rotatable bonds is 2. The van der Waals surface area contributed by atoms with Crippen LogP contribution < -0.4 is 5.14 Å². The standard InChI is InChI=1S/C6H12N4OS/c1-5(2)10-4-3-6(9-10)12(7,8)11/h3-5H,1-2H3,(H3,7,8,11). The van der Waals surface area contributed by atoms with Crippen LogP contribution >= 0.6 is 0 Å². The van der Waals surface area contributed by atoms with Gasteiger partial charge in [-0.3, -0.25) is 4.68 Å². The van der Waals surface area contributed by atoms with Crippen LogP contribution in [0.15, 0.2) is 17.3 Å². The van der Waals surface area contributed by atoms with Crippen molar-refractivity contribution in [2.24, 2.45) is 5.14 Å². The Morgan fingerprint density at radius 2 is 2.33 bits per heavy atom. The highest BCUT2D eigenvalue weighted by molar-refractivity contribution is 7.90. The molecular weight excluding hydrogens is 176 g/mol. The second kappa shape index (κ2) is 2.87. The molecule has 12 heavy (non-hydrogen) atoms. The zero-order valence-corrected chi connectivity index (χ0v) is 7.84. The second-order valence-electron chi connectivity index (χ2n) is 2.83. The van der Waals surface area contributed by atoms with E-state index in [0.717, 1.165) is 0 Å². The minimum absolute atomic E-state index is 0.135. The molecule has 1 rings (SSSR count). The van der Waals surface area contributed by atoms with Gasteiger partial charge in [0.2, 0.25) is 0 Å². The van der Waals surface area contributed by atoms with Gasteiger partial charge in [0.05, 0.1) is 0 Å².